The van der Waals surface area contributed by atoms with Crippen molar-refractivity contribution in [2.45, 2.75) is 38.8 Å². The highest BCUT2D eigenvalue weighted by molar-refractivity contribution is 14.1. The summed E-state index contributed by atoms with van der Waals surface area (Å²) < 4.78 is 17.3. The van der Waals surface area contributed by atoms with Crippen molar-refractivity contribution < 1.29 is 28.9 Å². The maximum atomic E-state index is 11.9. The quantitative estimate of drug-likeness (QED) is 0.526. The molecule has 0 fully saturated rings. The van der Waals surface area contributed by atoms with E-state index in [0.29, 0.717) is 17.2 Å². The zero-order valence-corrected chi connectivity index (χ0v) is 18.8. The molecule has 2 aromatic carbocycles. The van der Waals surface area contributed by atoms with E-state index in [-0.39, 0.29) is 6.42 Å². The number of hydrogen-bond acceptors (Lipinski definition) is 5. The van der Waals surface area contributed by atoms with Gasteiger partial charge in [-0.1, -0.05) is 12.1 Å². The smallest absolute Gasteiger partial charge is 0.408 e. The van der Waals surface area contributed by atoms with Crippen LogP contribution in [0.2, 0.25) is 0 Å². The topological polar surface area (TPSA) is 94.1 Å². The summed E-state index contributed by atoms with van der Waals surface area (Å²) in [5.74, 6) is 0.643. The third-order valence-corrected chi connectivity index (χ3v) is 4.38. The standard InChI is InChI=1S/C21H24INO6/c1-21(2,3)29-20(26)23-16(19(24)25)11-13-5-8-15(9-6-13)28-18-12-14(22)7-10-17(18)27-4/h5-10,12,16H,11H2,1-4H3,(H,23,26)(H,24,25)/t16-/m0/s1. The molecule has 0 aliphatic carbocycles. The molecule has 0 saturated heterocycles. The van der Waals surface area contributed by atoms with E-state index in [1.165, 1.54) is 0 Å². The van der Waals surface area contributed by atoms with Crippen molar-refractivity contribution in [1.82, 2.24) is 5.32 Å². The van der Waals surface area contributed by atoms with Gasteiger partial charge in [0.2, 0.25) is 0 Å². The number of methoxy groups -OCH3 is 1. The zero-order chi connectivity index (χ0) is 21.6. The lowest BCUT2D eigenvalue weighted by molar-refractivity contribution is -0.139. The monoisotopic (exact) mass is 513 g/mol. The Morgan fingerprint density at radius 2 is 1.76 bits per heavy atom. The van der Waals surface area contributed by atoms with Crippen molar-refractivity contribution in [2.75, 3.05) is 7.11 Å². The predicted octanol–water partition coefficient (Wildman–Crippen LogP) is 4.61. The maximum Gasteiger partial charge on any atom is 0.408 e. The Kier molecular flexibility index (Phi) is 7.72. The van der Waals surface area contributed by atoms with Crippen LogP contribution >= 0.6 is 22.6 Å². The normalized spacial score (nSPS) is 12.0. The zero-order valence-electron chi connectivity index (χ0n) is 16.7. The van der Waals surface area contributed by atoms with Crippen LogP contribution in [0.3, 0.4) is 0 Å². The van der Waals surface area contributed by atoms with Gasteiger partial charge in [0.15, 0.2) is 11.5 Å². The van der Waals surface area contributed by atoms with Crippen LogP contribution < -0.4 is 14.8 Å². The number of halogens is 1. The molecule has 2 N–H and O–H groups in total. The molecule has 0 unspecified atom stereocenters. The van der Waals surface area contributed by atoms with Crippen LogP contribution in [0.5, 0.6) is 17.2 Å². The van der Waals surface area contributed by atoms with E-state index in [4.69, 9.17) is 14.2 Å². The fourth-order valence-electron chi connectivity index (χ4n) is 2.44. The fourth-order valence-corrected chi connectivity index (χ4v) is 2.90. The van der Waals surface area contributed by atoms with Gasteiger partial charge in [0, 0.05) is 9.99 Å². The number of nitrogens with one attached hydrogen (secondary N) is 1. The molecule has 0 spiro atoms. The van der Waals surface area contributed by atoms with Crippen LogP contribution in [0, 0.1) is 3.57 Å². The van der Waals surface area contributed by atoms with Crippen LogP contribution in [0.1, 0.15) is 26.3 Å². The Morgan fingerprint density at radius 3 is 2.31 bits per heavy atom. The van der Waals surface area contributed by atoms with Crippen molar-refractivity contribution in [3.63, 3.8) is 0 Å². The highest BCUT2D eigenvalue weighted by Gasteiger charge is 2.24. The van der Waals surface area contributed by atoms with Crippen molar-refractivity contribution in [3.8, 4) is 17.2 Å². The molecule has 0 saturated carbocycles. The first-order valence-corrected chi connectivity index (χ1v) is 9.98. The number of amides is 1. The minimum absolute atomic E-state index is 0.113. The number of ether oxygens (including phenoxy) is 3. The van der Waals surface area contributed by atoms with Gasteiger partial charge in [0.1, 0.15) is 17.4 Å². The van der Waals surface area contributed by atoms with Crippen LogP contribution in [0.15, 0.2) is 42.5 Å². The van der Waals surface area contributed by atoms with Gasteiger partial charge in [-0.3, -0.25) is 0 Å². The summed E-state index contributed by atoms with van der Waals surface area (Å²) in [6.45, 7) is 5.14. The highest BCUT2D eigenvalue weighted by atomic mass is 127. The molecule has 8 heteroatoms. The molecule has 0 radical (unpaired) electrons. The molecular weight excluding hydrogens is 489 g/mol. The number of carbonyl (C=O) groups is 2. The van der Waals surface area contributed by atoms with E-state index in [9.17, 15) is 14.7 Å². The van der Waals surface area contributed by atoms with Crippen LogP contribution in [0.4, 0.5) is 4.79 Å². The Balaban J connectivity index is 2.06. The van der Waals surface area contributed by atoms with Crippen LogP contribution in [-0.2, 0) is 16.0 Å². The Morgan fingerprint density at radius 1 is 1.10 bits per heavy atom. The van der Waals surface area contributed by atoms with Gasteiger partial charge in [-0.2, -0.15) is 0 Å². The number of benzene rings is 2. The molecule has 0 bridgehead atoms. The lowest BCUT2D eigenvalue weighted by Crippen LogP contribution is -2.44. The summed E-state index contributed by atoms with van der Waals surface area (Å²) in [5.41, 5.74) is 0.0259. The molecule has 0 heterocycles. The Hall–Kier alpha value is -2.49. The third kappa shape index (κ3) is 7.45. The van der Waals surface area contributed by atoms with Crippen molar-refractivity contribution in [1.29, 1.82) is 0 Å². The average molecular weight is 513 g/mol. The van der Waals surface area contributed by atoms with E-state index in [2.05, 4.69) is 27.9 Å². The highest BCUT2D eigenvalue weighted by Crippen LogP contribution is 2.33. The number of hydrogen-bond donors (Lipinski definition) is 2. The Labute approximate surface area is 183 Å². The summed E-state index contributed by atoms with van der Waals surface area (Å²) >= 11 is 2.19. The number of carboxylic acid groups (broad SMARTS) is 1. The molecule has 29 heavy (non-hydrogen) atoms. The second kappa shape index (κ2) is 9.82. The second-order valence-electron chi connectivity index (χ2n) is 7.28. The second-order valence-corrected chi connectivity index (χ2v) is 8.53. The summed E-state index contributed by atoms with van der Waals surface area (Å²) in [6.07, 6.45) is -0.655. The molecule has 7 nitrogen and oxygen atoms in total. The van der Waals surface area contributed by atoms with Crippen molar-refractivity contribution in [3.05, 3.63) is 51.6 Å². The summed E-state index contributed by atoms with van der Waals surface area (Å²) in [4.78, 5) is 23.4. The first-order chi connectivity index (χ1) is 13.6. The molecule has 2 aromatic rings. The number of carbonyl (C=O) groups excluding carboxylic acids is 1. The summed E-state index contributed by atoms with van der Waals surface area (Å²) in [6, 6.07) is 11.5. The van der Waals surface area contributed by atoms with E-state index < -0.39 is 23.7 Å². The SMILES string of the molecule is COc1ccc(I)cc1Oc1ccc(C[C@H](NC(=O)OC(C)(C)C)C(=O)O)cc1. The molecule has 0 aliphatic rings. The van der Waals surface area contributed by atoms with Crippen LogP contribution in [0.25, 0.3) is 0 Å². The van der Waals surface area contributed by atoms with Gasteiger partial charge in [-0.15, -0.1) is 0 Å². The molecule has 1 amide bonds. The van der Waals surface area contributed by atoms with Crippen molar-refractivity contribution in [2.24, 2.45) is 0 Å². The van der Waals surface area contributed by atoms with E-state index in [0.717, 1.165) is 9.13 Å². The van der Waals surface area contributed by atoms with Crippen molar-refractivity contribution >= 4 is 34.7 Å². The van der Waals surface area contributed by atoms with Crippen LogP contribution in [-0.4, -0.2) is 35.9 Å². The number of aliphatic carboxylic acids is 1. The summed E-state index contributed by atoms with van der Waals surface area (Å²) in [7, 11) is 1.57. The van der Waals surface area contributed by atoms with E-state index in [1.54, 1.807) is 52.1 Å². The van der Waals surface area contributed by atoms with Gasteiger partial charge >= 0.3 is 12.1 Å². The minimum atomic E-state index is -1.14. The molecule has 0 aliphatic heterocycles. The van der Waals surface area contributed by atoms with E-state index >= 15 is 0 Å². The predicted molar refractivity (Wildman–Crippen MR) is 117 cm³/mol. The number of carboxylic acids is 1. The molecular formula is C21H24INO6. The maximum absolute atomic E-state index is 11.9. The number of rotatable bonds is 7. The lowest BCUT2D eigenvalue weighted by atomic mass is 10.1. The average Bonchev–Trinajstić information content (AvgIpc) is 2.61. The van der Waals surface area contributed by atoms with E-state index in [1.807, 2.05) is 18.2 Å². The van der Waals surface area contributed by atoms with Gasteiger partial charge < -0.3 is 24.6 Å². The van der Waals surface area contributed by atoms with Gasteiger partial charge in [0.25, 0.3) is 0 Å². The Bertz CT molecular complexity index is 860. The molecule has 156 valence electrons. The first kappa shape index (κ1) is 22.8. The third-order valence-electron chi connectivity index (χ3n) is 3.71. The lowest BCUT2D eigenvalue weighted by Gasteiger charge is -2.22. The summed E-state index contributed by atoms with van der Waals surface area (Å²) in [5, 5.41) is 11.8. The minimum Gasteiger partial charge on any atom is -0.493 e. The van der Waals surface area contributed by atoms with Gasteiger partial charge in [-0.25, -0.2) is 9.59 Å². The first-order valence-electron chi connectivity index (χ1n) is 8.90. The van der Waals surface area contributed by atoms with Gasteiger partial charge in [0.05, 0.1) is 7.11 Å². The molecule has 0 aromatic heterocycles. The largest absolute Gasteiger partial charge is 0.493 e. The van der Waals surface area contributed by atoms with Gasteiger partial charge in [-0.05, 0) is 79.3 Å². The molecule has 2 rings (SSSR count). The fraction of sp³-hybridized carbons (Fsp3) is 0.333. The number of alkyl carbamates (subject to hydrolysis) is 1. The molecule has 1 atom stereocenters.